The topological polar surface area (TPSA) is 61.9 Å². The summed E-state index contributed by atoms with van der Waals surface area (Å²) >= 11 is 0. The maximum atomic E-state index is 12.9. The van der Waals surface area contributed by atoms with Crippen LogP contribution in [0.4, 0.5) is 10.5 Å². The number of amides is 3. The van der Waals surface area contributed by atoms with E-state index < -0.39 is 0 Å². The summed E-state index contributed by atoms with van der Waals surface area (Å²) in [6, 6.07) is 16.9. The van der Waals surface area contributed by atoms with Gasteiger partial charge in [0.2, 0.25) is 0 Å². The molecule has 1 saturated heterocycles. The molecule has 28 heavy (non-hydrogen) atoms. The van der Waals surface area contributed by atoms with Gasteiger partial charge in [-0.05, 0) is 24.1 Å². The number of nitrogens with one attached hydrogen (secondary N) is 1. The Morgan fingerprint density at radius 1 is 1.04 bits per heavy atom. The third-order valence-electron chi connectivity index (χ3n) is 4.69. The number of nitrogens with zero attached hydrogens (tertiary/aromatic N) is 2. The minimum atomic E-state index is -0.201. The van der Waals surface area contributed by atoms with Gasteiger partial charge in [0.05, 0.1) is 24.5 Å². The van der Waals surface area contributed by atoms with E-state index in [-0.39, 0.29) is 11.9 Å². The van der Waals surface area contributed by atoms with Crippen LogP contribution in [0, 0.1) is 0 Å². The van der Waals surface area contributed by atoms with E-state index in [1.54, 1.807) is 21.9 Å². The molecule has 0 aliphatic carbocycles. The predicted molar refractivity (Wildman–Crippen MR) is 109 cm³/mol. The number of morpholine rings is 1. The van der Waals surface area contributed by atoms with E-state index in [1.165, 1.54) is 0 Å². The molecule has 6 heteroatoms. The average molecular weight is 381 g/mol. The fraction of sp³-hybridized carbons (Fsp3) is 0.364. The Morgan fingerprint density at radius 2 is 1.71 bits per heavy atom. The van der Waals surface area contributed by atoms with Crippen LogP contribution >= 0.6 is 0 Å². The second-order valence-electron chi connectivity index (χ2n) is 6.79. The van der Waals surface area contributed by atoms with E-state index in [1.807, 2.05) is 49.4 Å². The molecule has 3 amide bonds. The van der Waals surface area contributed by atoms with Crippen LogP contribution in [0.2, 0.25) is 0 Å². The zero-order valence-electron chi connectivity index (χ0n) is 16.3. The summed E-state index contributed by atoms with van der Waals surface area (Å²) in [5.41, 5.74) is 2.12. The average Bonchev–Trinajstić information content (AvgIpc) is 2.74. The summed E-state index contributed by atoms with van der Waals surface area (Å²) in [6.45, 7) is 5.43. The standard InChI is InChI=1S/C22H27N3O3/c1-2-12-25(17-18-8-4-3-5-9-18)22(27)23-20-11-7-6-10-19(20)21(26)24-13-15-28-16-14-24/h3-11H,2,12-17H2,1H3,(H,23,27). The van der Waals surface area contributed by atoms with Gasteiger partial charge in [-0.1, -0.05) is 49.4 Å². The molecule has 1 heterocycles. The molecular formula is C22H27N3O3. The van der Waals surface area contributed by atoms with Crippen LogP contribution in [-0.4, -0.2) is 54.6 Å². The van der Waals surface area contributed by atoms with E-state index in [0.29, 0.717) is 50.6 Å². The van der Waals surface area contributed by atoms with Crippen molar-refractivity contribution in [1.29, 1.82) is 0 Å². The number of carbonyl (C=O) groups excluding carboxylic acids is 2. The first-order chi connectivity index (χ1) is 13.7. The molecule has 0 aromatic heterocycles. The summed E-state index contributed by atoms with van der Waals surface area (Å²) in [4.78, 5) is 29.4. The lowest BCUT2D eigenvalue weighted by Crippen LogP contribution is -2.41. The molecule has 6 nitrogen and oxygen atoms in total. The monoisotopic (exact) mass is 381 g/mol. The lowest BCUT2D eigenvalue weighted by Gasteiger charge is -2.28. The van der Waals surface area contributed by atoms with Gasteiger partial charge in [0.15, 0.2) is 0 Å². The number of carbonyl (C=O) groups is 2. The first kappa shape index (κ1) is 19.9. The van der Waals surface area contributed by atoms with Gasteiger partial charge in [-0.15, -0.1) is 0 Å². The zero-order chi connectivity index (χ0) is 19.8. The minimum absolute atomic E-state index is 0.0794. The summed E-state index contributed by atoms with van der Waals surface area (Å²) in [5.74, 6) is -0.0794. The Morgan fingerprint density at radius 3 is 2.43 bits per heavy atom. The summed E-state index contributed by atoms with van der Waals surface area (Å²) < 4.78 is 5.33. The van der Waals surface area contributed by atoms with Crippen LogP contribution in [0.15, 0.2) is 54.6 Å². The highest BCUT2D eigenvalue weighted by atomic mass is 16.5. The highest BCUT2D eigenvalue weighted by Gasteiger charge is 2.22. The highest BCUT2D eigenvalue weighted by molar-refractivity contribution is 6.03. The Kier molecular flexibility index (Phi) is 7.03. The van der Waals surface area contributed by atoms with Crippen LogP contribution in [-0.2, 0) is 11.3 Å². The van der Waals surface area contributed by atoms with Gasteiger partial charge in [0.25, 0.3) is 5.91 Å². The maximum absolute atomic E-state index is 12.9. The van der Waals surface area contributed by atoms with Crippen molar-refractivity contribution < 1.29 is 14.3 Å². The number of rotatable bonds is 6. The molecule has 0 spiro atoms. The SMILES string of the molecule is CCCN(Cc1ccccc1)C(=O)Nc1ccccc1C(=O)N1CCOCC1. The van der Waals surface area contributed by atoms with E-state index in [4.69, 9.17) is 4.74 Å². The zero-order valence-corrected chi connectivity index (χ0v) is 16.3. The van der Waals surface area contributed by atoms with Gasteiger partial charge in [0, 0.05) is 26.2 Å². The molecule has 2 aromatic rings. The Balaban J connectivity index is 1.74. The van der Waals surface area contributed by atoms with Gasteiger partial charge < -0.3 is 19.9 Å². The molecule has 3 rings (SSSR count). The summed E-state index contributed by atoms with van der Waals surface area (Å²) in [7, 11) is 0. The predicted octanol–water partition coefficient (Wildman–Crippen LogP) is 3.60. The first-order valence-corrected chi connectivity index (χ1v) is 9.75. The van der Waals surface area contributed by atoms with Gasteiger partial charge in [0.1, 0.15) is 0 Å². The fourth-order valence-electron chi connectivity index (χ4n) is 3.24. The lowest BCUT2D eigenvalue weighted by atomic mass is 10.1. The number of urea groups is 1. The number of benzene rings is 2. The van der Waals surface area contributed by atoms with Crippen molar-refractivity contribution in [3.63, 3.8) is 0 Å². The van der Waals surface area contributed by atoms with Crippen molar-refractivity contribution in [1.82, 2.24) is 9.80 Å². The molecule has 0 radical (unpaired) electrons. The number of ether oxygens (including phenoxy) is 1. The Labute approximate surface area is 166 Å². The van der Waals surface area contributed by atoms with Crippen molar-refractivity contribution in [3.8, 4) is 0 Å². The van der Waals surface area contributed by atoms with Crippen LogP contribution in [0.5, 0.6) is 0 Å². The molecule has 0 unspecified atom stereocenters. The molecule has 1 N–H and O–H groups in total. The van der Waals surface area contributed by atoms with E-state index >= 15 is 0 Å². The largest absolute Gasteiger partial charge is 0.378 e. The molecule has 1 aliphatic rings. The van der Waals surface area contributed by atoms with Crippen LogP contribution in [0.25, 0.3) is 0 Å². The van der Waals surface area contributed by atoms with E-state index in [2.05, 4.69) is 5.32 Å². The highest BCUT2D eigenvalue weighted by Crippen LogP contribution is 2.19. The summed E-state index contributed by atoms with van der Waals surface area (Å²) in [6.07, 6.45) is 0.856. The van der Waals surface area contributed by atoms with Gasteiger partial charge in [-0.3, -0.25) is 4.79 Å². The van der Waals surface area contributed by atoms with Crippen molar-refractivity contribution in [3.05, 3.63) is 65.7 Å². The van der Waals surface area contributed by atoms with Crippen LogP contribution in [0.1, 0.15) is 29.3 Å². The second kappa shape index (κ2) is 9.90. The van der Waals surface area contributed by atoms with Crippen LogP contribution < -0.4 is 5.32 Å². The molecule has 0 bridgehead atoms. The van der Waals surface area contributed by atoms with Crippen molar-refractivity contribution in [2.24, 2.45) is 0 Å². The molecule has 148 valence electrons. The second-order valence-corrected chi connectivity index (χ2v) is 6.79. The lowest BCUT2D eigenvalue weighted by molar-refractivity contribution is 0.0303. The number of hydrogen-bond acceptors (Lipinski definition) is 3. The molecule has 1 fully saturated rings. The van der Waals surface area contributed by atoms with Gasteiger partial charge >= 0.3 is 6.03 Å². The number of anilines is 1. The smallest absolute Gasteiger partial charge is 0.322 e. The van der Waals surface area contributed by atoms with Crippen molar-refractivity contribution in [2.75, 3.05) is 38.2 Å². The first-order valence-electron chi connectivity index (χ1n) is 9.75. The molecule has 0 atom stereocenters. The number of hydrogen-bond donors (Lipinski definition) is 1. The quantitative estimate of drug-likeness (QED) is 0.832. The van der Waals surface area contributed by atoms with Gasteiger partial charge in [-0.25, -0.2) is 4.79 Å². The Hall–Kier alpha value is -2.86. The number of para-hydroxylation sites is 1. The summed E-state index contributed by atoms with van der Waals surface area (Å²) in [5, 5.41) is 2.94. The third-order valence-corrected chi connectivity index (χ3v) is 4.69. The maximum Gasteiger partial charge on any atom is 0.322 e. The minimum Gasteiger partial charge on any atom is -0.378 e. The van der Waals surface area contributed by atoms with Crippen molar-refractivity contribution in [2.45, 2.75) is 19.9 Å². The molecule has 0 saturated carbocycles. The third kappa shape index (κ3) is 5.10. The van der Waals surface area contributed by atoms with E-state index in [0.717, 1.165) is 12.0 Å². The molecule has 2 aromatic carbocycles. The van der Waals surface area contributed by atoms with Gasteiger partial charge in [-0.2, -0.15) is 0 Å². The Bertz CT molecular complexity index is 789. The van der Waals surface area contributed by atoms with Crippen molar-refractivity contribution >= 4 is 17.6 Å². The van der Waals surface area contributed by atoms with Crippen LogP contribution in [0.3, 0.4) is 0 Å². The fourth-order valence-corrected chi connectivity index (χ4v) is 3.24. The van der Waals surface area contributed by atoms with E-state index in [9.17, 15) is 9.59 Å². The molecular weight excluding hydrogens is 354 g/mol. The molecule has 1 aliphatic heterocycles. The normalized spacial score (nSPS) is 13.8.